The Morgan fingerprint density at radius 1 is 1.22 bits per heavy atom. The summed E-state index contributed by atoms with van der Waals surface area (Å²) < 4.78 is 0. The molecule has 0 aliphatic heterocycles. The highest BCUT2D eigenvalue weighted by Gasteiger charge is 2.35. The summed E-state index contributed by atoms with van der Waals surface area (Å²) in [4.78, 5) is 23.4. The average Bonchev–Trinajstić information content (AvgIpc) is 3.44. The monoisotopic (exact) mass is 382 g/mol. The number of carbonyl (C=O) groups is 1. The average molecular weight is 383 g/mol. The molecule has 3 atom stereocenters. The van der Waals surface area contributed by atoms with E-state index in [1.54, 1.807) is 6.33 Å². The first-order valence-corrected chi connectivity index (χ1v) is 11.0. The molecule has 142 valence electrons. The molecule has 6 heteroatoms. The number of allylic oxidation sites excluding steroid dienone is 2. The van der Waals surface area contributed by atoms with Gasteiger partial charge in [0, 0.05) is 12.6 Å². The van der Waals surface area contributed by atoms with Crippen LogP contribution in [-0.2, 0) is 0 Å². The van der Waals surface area contributed by atoms with Gasteiger partial charge in [0.2, 0.25) is 0 Å². The van der Waals surface area contributed by atoms with Gasteiger partial charge in [-0.3, -0.25) is 4.79 Å². The Morgan fingerprint density at radius 2 is 2.07 bits per heavy atom. The van der Waals surface area contributed by atoms with Crippen LogP contribution in [0.3, 0.4) is 0 Å². The lowest BCUT2D eigenvalue weighted by Gasteiger charge is -2.19. The third-order valence-electron chi connectivity index (χ3n) is 6.57. The molecule has 0 spiro atoms. The second kappa shape index (κ2) is 6.89. The van der Waals surface area contributed by atoms with Crippen LogP contribution in [0.15, 0.2) is 18.5 Å². The van der Waals surface area contributed by atoms with Crippen molar-refractivity contribution < 1.29 is 4.79 Å². The van der Waals surface area contributed by atoms with Crippen LogP contribution in [-0.4, -0.2) is 28.5 Å². The van der Waals surface area contributed by atoms with Crippen LogP contribution in [0.2, 0.25) is 0 Å². The molecule has 2 aromatic heterocycles. The minimum Gasteiger partial charge on any atom is -0.369 e. The Kier molecular flexibility index (Phi) is 4.38. The zero-order chi connectivity index (χ0) is 18.4. The molecule has 2 aromatic rings. The lowest BCUT2D eigenvalue weighted by atomic mass is 9.93. The maximum Gasteiger partial charge on any atom is 0.261 e. The first-order chi connectivity index (χ1) is 13.2. The topological polar surface area (TPSA) is 66.9 Å². The van der Waals surface area contributed by atoms with Gasteiger partial charge in [0.05, 0.1) is 10.3 Å². The third-order valence-corrected chi connectivity index (χ3v) is 7.77. The summed E-state index contributed by atoms with van der Waals surface area (Å²) in [7, 11) is 0. The van der Waals surface area contributed by atoms with Gasteiger partial charge in [0.1, 0.15) is 17.0 Å². The smallest absolute Gasteiger partial charge is 0.261 e. The van der Waals surface area contributed by atoms with E-state index in [0.29, 0.717) is 12.0 Å². The largest absolute Gasteiger partial charge is 0.369 e. The number of nitrogens with zero attached hydrogens (tertiary/aromatic N) is 2. The van der Waals surface area contributed by atoms with Crippen molar-refractivity contribution in [3.8, 4) is 0 Å². The van der Waals surface area contributed by atoms with Crippen LogP contribution in [0, 0.1) is 24.7 Å². The van der Waals surface area contributed by atoms with Gasteiger partial charge in [-0.05, 0) is 55.9 Å². The normalized spacial score (nSPS) is 26.9. The molecule has 0 radical (unpaired) electrons. The minimum absolute atomic E-state index is 0.0478. The van der Waals surface area contributed by atoms with E-state index in [4.69, 9.17) is 0 Å². The number of aromatic nitrogens is 2. The Balaban J connectivity index is 1.36. The lowest BCUT2D eigenvalue weighted by Crippen LogP contribution is -2.32. The van der Waals surface area contributed by atoms with Crippen molar-refractivity contribution in [3.63, 3.8) is 0 Å². The number of fused-ring (bicyclic) bond motifs is 3. The van der Waals surface area contributed by atoms with E-state index in [-0.39, 0.29) is 5.91 Å². The van der Waals surface area contributed by atoms with Crippen molar-refractivity contribution in [1.29, 1.82) is 0 Å². The molecule has 0 saturated heterocycles. The van der Waals surface area contributed by atoms with Crippen LogP contribution >= 0.6 is 11.3 Å². The van der Waals surface area contributed by atoms with Crippen LogP contribution in [0.4, 0.5) is 5.82 Å². The Morgan fingerprint density at radius 3 is 2.81 bits per heavy atom. The summed E-state index contributed by atoms with van der Waals surface area (Å²) in [6.45, 7) is 2.97. The first kappa shape index (κ1) is 17.2. The molecule has 2 heterocycles. The van der Waals surface area contributed by atoms with Crippen LogP contribution in [0.25, 0.3) is 10.2 Å². The third kappa shape index (κ3) is 3.14. The fraction of sp³-hybridized carbons (Fsp3) is 0.571. The van der Waals surface area contributed by atoms with Crippen molar-refractivity contribution in [2.24, 2.45) is 17.8 Å². The molecule has 5 nitrogen and oxygen atoms in total. The quantitative estimate of drug-likeness (QED) is 0.757. The van der Waals surface area contributed by atoms with Crippen LogP contribution in [0.1, 0.15) is 53.8 Å². The summed E-state index contributed by atoms with van der Waals surface area (Å²) in [6, 6.07) is 0.330. The van der Waals surface area contributed by atoms with Gasteiger partial charge in [-0.1, -0.05) is 25.0 Å². The number of hydrogen-bond acceptors (Lipinski definition) is 5. The molecule has 2 N–H and O–H groups in total. The van der Waals surface area contributed by atoms with E-state index in [1.807, 2.05) is 6.92 Å². The number of nitrogens with one attached hydrogen (secondary N) is 2. The molecular weight excluding hydrogens is 356 g/mol. The van der Waals surface area contributed by atoms with E-state index in [0.717, 1.165) is 57.7 Å². The maximum absolute atomic E-state index is 12.8. The maximum atomic E-state index is 12.8. The van der Waals surface area contributed by atoms with E-state index < -0.39 is 0 Å². The van der Waals surface area contributed by atoms with Crippen molar-refractivity contribution in [2.75, 3.05) is 11.9 Å². The number of thiophene rings is 1. The second-order valence-electron chi connectivity index (χ2n) is 8.33. The number of rotatable bonds is 5. The minimum atomic E-state index is 0.0478. The van der Waals surface area contributed by atoms with E-state index in [2.05, 4.69) is 32.8 Å². The van der Waals surface area contributed by atoms with Gasteiger partial charge in [-0.15, -0.1) is 11.3 Å². The number of hydrogen-bond donors (Lipinski definition) is 2. The van der Waals surface area contributed by atoms with Gasteiger partial charge in [-0.25, -0.2) is 9.97 Å². The highest BCUT2D eigenvalue weighted by molar-refractivity contribution is 7.20. The van der Waals surface area contributed by atoms with Crippen LogP contribution < -0.4 is 10.6 Å². The first-order valence-electron chi connectivity index (χ1n) is 10.2. The molecule has 2 saturated carbocycles. The van der Waals surface area contributed by atoms with E-state index in [1.165, 1.54) is 37.0 Å². The molecule has 2 bridgehead atoms. The van der Waals surface area contributed by atoms with Crippen LogP contribution in [0.5, 0.6) is 0 Å². The predicted octanol–water partition coefficient (Wildman–Crippen LogP) is 4.30. The van der Waals surface area contributed by atoms with Crippen molar-refractivity contribution in [1.82, 2.24) is 15.3 Å². The summed E-state index contributed by atoms with van der Waals surface area (Å²) >= 11 is 1.49. The fourth-order valence-electron chi connectivity index (χ4n) is 5.10. The van der Waals surface area contributed by atoms with Crippen molar-refractivity contribution >= 4 is 33.3 Å². The SMILES string of the molecule is Cc1c(C(=O)NC2CCCC2)sc2ncnc(NC[C@H]3C[C@@H]4C=C[C@H]3C4)c12. The summed E-state index contributed by atoms with van der Waals surface area (Å²) in [6.07, 6.45) is 13.6. The number of anilines is 1. The summed E-state index contributed by atoms with van der Waals surface area (Å²) in [5.41, 5.74) is 1.00. The molecule has 5 rings (SSSR count). The molecule has 1 amide bonds. The van der Waals surface area contributed by atoms with E-state index >= 15 is 0 Å². The van der Waals surface area contributed by atoms with Crippen molar-refractivity contribution in [2.45, 2.75) is 51.5 Å². The molecular formula is C21H26N4OS. The molecule has 3 aliphatic carbocycles. The van der Waals surface area contributed by atoms with Gasteiger partial charge in [0.25, 0.3) is 5.91 Å². The second-order valence-corrected chi connectivity index (χ2v) is 9.33. The molecule has 27 heavy (non-hydrogen) atoms. The predicted molar refractivity (Wildman–Crippen MR) is 109 cm³/mol. The van der Waals surface area contributed by atoms with Gasteiger partial charge in [-0.2, -0.15) is 0 Å². The van der Waals surface area contributed by atoms with Crippen molar-refractivity contribution in [3.05, 3.63) is 28.9 Å². The Labute approximate surface area is 163 Å². The fourth-order valence-corrected chi connectivity index (χ4v) is 6.15. The zero-order valence-corrected chi connectivity index (χ0v) is 16.5. The zero-order valence-electron chi connectivity index (χ0n) is 15.7. The number of carbonyl (C=O) groups excluding carboxylic acids is 1. The highest BCUT2D eigenvalue weighted by atomic mass is 32.1. The number of amides is 1. The molecule has 0 aromatic carbocycles. The van der Waals surface area contributed by atoms with Gasteiger partial charge >= 0.3 is 0 Å². The summed E-state index contributed by atoms with van der Waals surface area (Å²) in [5, 5.41) is 7.79. The van der Waals surface area contributed by atoms with Gasteiger partial charge < -0.3 is 10.6 Å². The van der Waals surface area contributed by atoms with E-state index in [9.17, 15) is 4.79 Å². The molecule has 0 unspecified atom stereocenters. The summed E-state index contributed by atoms with van der Waals surface area (Å²) in [5.74, 6) is 3.11. The molecule has 2 fully saturated rings. The highest BCUT2D eigenvalue weighted by Crippen LogP contribution is 2.43. The lowest BCUT2D eigenvalue weighted by molar-refractivity contribution is 0.0941. The van der Waals surface area contributed by atoms with Gasteiger partial charge in [0.15, 0.2) is 0 Å². The Hall–Kier alpha value is -1.95. The Bertz CT molecular complexity index is 899. The standard InChI is InChI=1S/C21H26N4OS/c1-12-17-19(22-10-15-9-13-6-7-14(15)8-13)23-11-24-21(17)27-18(12)20(26)25-16-4-2-3-5-16/h6-7,11,13-16H,2-5,8-10H2,1H3,(H,25,26)(H,22,23,24)/t13-,14+,15-/m1/s1. The molecule has 3 aliphatic rings. The number of aryl methyl sites for hydroxylation is 1.